The van der Waals surface area contributed by atoms with E-state index in [1.165, 1.54) is 36.9 Å². The summed E-state index contributed by atoms with van der Waals surface area (Å²) in [6.07, 6.45) is 4.73. The second-order valence-electron chi connectivity index (χ2n) is 10.7. The summed E-state index contributed by atoms with van der Waals surface area (Å²) >= 11 is 0. The van der Waals surface area contributed by atoms with Crippen LogP contribution in [-0.4, -0.2) is 47.1 Å². The Morgan fingerprint density at radius 3 is 2.24 bits per heavy atom. The molecule has 2 saturated heterocycles. The van der Waals surface area contributed by atoms with Gasteiger partial charge < -0.3 is 10.2 Å². The number of nitrogens with zero attached hydrogens (tertiary/aromatic N) is 4. The Morgan fingerprint density at radius 2 is 1.58 bits per heavy atom. The molecular formula is C29H33F4N5. The number of benzene rings is 2. The minimum atomic E-state index is -0.771. The molecule has 0 amide bonds. The number of anilines is 2. The van der Waals surface area contributed by atoms with Crippen molar-refractivity contribution in [2.75, 3.05) is 36.4 Å². The van der Waals surface area contributed by atoms with E-state index in [1.807, 2.05) is 0 Å². The van der Waals surface area contributed by atoms with E-state index in [1.54, 1.807) is 0 Å². The molecule has 3 heterocycles. The van der Waals surface area contributed by atoms with Crippen LogP contribution in [-0.2, 0) is 6.54 Å². The molecule has 0 saturated carbocycles. The van der Waals surface area contributed by atoms with Gasteiger partial charge in [-0.1, -0.05) is 19.9 Å². The first-order valence-corrected chi connectivity index (χ1v) is 13.3. The van der Waals surface area contributed by atoms with Crippen LogP contribution in [0.2, 0.25) is 0 Å². The van der Waals surface area contributed by atoms with E-state index in [0.717, 1.165) is 51.2 Å². The highest BCUT2D eigenvalue weighted by molar-refractivity contribution is 5.75. The quantitative estimate of drug-likeness (QED) is 0.384. The van der Waals surface area contributed by atoms with Crippen LogP contribution in [0.15, 0.2) is 42.6 Å². The Balaban J connectivity index is 1.38. The number of nitrogens with one attached hydrogen (secondary N) is 1. The summed E-state index contributed by atoms with van der Waals surface area (Å²) in [7, 11) is 0. The standard InChI is InChI=1S/C29H33F4N5/c1-18-12-19(2)17-38(16-18)21-8-10-37(11-9-21)29-35-14-23(22-7-6-20(30)13-27(22)33)28(36-29)34-15-24-25(31)4-3-5-26(24)32/h3-7,13-14,18-19,21H,8-12,15-17H2,1-2H3,(H,34,35,36)/t18-,19+. The maximum absolute atomic E-state index is 14.7. The molecular weight excluding hydrogens is 494 g/mol. The summed E-state index contributed by atoms with van der Waals surface area (Å²) < 4.78 is 56.8. The largest absolute Gasteiger partial charge is 0.365 e. The molecule has 0 spiro atoms. The molecule has 9 heteroatoms. The molecule has 2 aromatic carbocycles. The van der Waals surface area contributed by atoms with Gasteiger partial charge >= 0.3 is 0 Å². The highest BCUT2D eigenvalue weighted by atomic mass is 19.1. The van der Waals surface area contributed by atoms with Crippen LogP contribution in [0.3, 0.4) is 0 Å². The van der Waals surface area contributed by atoms with Crippen LogP contribution in [0.4, 0.5) is 29.3 Å². The van der Waals surface area contributed by atoms with Crippen molar-refractivity contribution >= 4 is 11.8 Å². The Morgan fingerprint density at radius 1 is 0.895 bits per heavy atom. The van der Waals surface area contributed by atoms with Gasteiger partial charge in [0.25, 0.3) is 0 Å². The zero-order chi connectivity index (χ0) is 26.8. The summed E-state index contributed by atoms with van der Waals surface area (Å²) in [5, 5.41) is 2.97. The van der Waals surface area contributed by atoms with Crippen LogP contribution in [0.25, 0.3) is 11.1 Å². The topological polar surface area (TPSA) is 44.3 Å². The molecule has 1 N–H and O–H groups in total. The highest BCUT2D eigenvalue weighted by Gasteiger charge is 2.31. The molecule has 2 fully saturated rings. The van der Waals surface area contributed by atoms with Crippen LogP contribution < -0.4 is 10.2 Å². The van der Waals surface area contributed by atoms with Gasteiger partial charge in [-0.05, 0) is 55.4 Å². The SMILES string of the molecule is C[C@@H]1C[C@H](C)CN(C2CCN(c3ncc(-c4ccc(F)cc4F)c(NCc4c(F)cccc4F)n3)CC2)C1. The third-order valence-electron chi connectivity index (χ3n) is 7.65. The predicted molar refractivity (Wildman–Crippen MR) is 141 cm³/mol. The average molecular weight is 528 g/mol. The first-order chi connectivity index (χ1) is 18.3. The van der Waals surface area contributed by atoms with Crippen molar-refractivity contribution in [1.82, 2.24) is 14.9 Å². The van der Waals surface area contributed by atoms with Gasteiger partial charge in [0.15, 0.2) is 0 Å². The van der Waals surface area contributed by atoms with Gasteiger partial charge in [0, 0.05) is 67.7 Å². The zero-order valence-corrected chi connectivity index (χ0v) is 21.7. The first-order valence-electron chi connectivity index (χ1n) is 13.3. The summed E-state index contributed by atoms with van der Waals surface area (Å²) in [6.45, 7) is 8.25. The molecule has 5 rings (SSSR count). The molecule has 202 valence electrons. The molecule has 38 heavy (non-hydrogen) atoms. The van der Waals surface area contributed by atoms with Gasteiger partial charge in [0.1, 0.15) is 29.1 Å². The monoisotopic (exact) mass is 527 g/mol. The van der Waals surface area contributed by atoms with Gasteiger partial charge in [0.05, 0.1) is 0 Å². The number of aromatic nitrogens is 2. The number of rotatable bonds is 6. The van der Waals surface area contributed by atoms with Gasteiger partial charge in [0.2, 0.25) is 5.95 Å². The summed E-state index contributed by atoms with van der Waals surface area (Å²) in [4.78, 5) is 13.9. The van der Waals surface area contributed by atoms with Crippen molar-refractivity contribution in [2.24, 2.45) is 11.8 Å². The third-order valence-corrected chi connectivity index (χ3v) is 7.65. The maximum Gasteiger partial charge on any atom is 0.227 e. The molecule has 0 unspecified atom stereocenters. The van der Waals surface area contributed by atoms with Crippen molar-refractivity contribution in [3.63, 3.8) is 0 Å². The second-order valence-corrected chi connectivity index (χ2v) is 10.7. The average Bonchev–Trinajstić information content (AvgIpc) is 2.88. The fraction of sp³-hybridized carbons (Fsp3) is 0.448. The lowest BCUT2D eigenvalue weighted by atomic mass is 9.89. The lowest BCUT2D eigenvalue weighted by Gasteiger charge is -2.43. The molecule has 5 nitrogen and oxygen atoms in total. The maximum atomic E-state index is 14.7. The minimum absolute atomic E-state index is 0.0986. The number of hydrogen-bond acceptors (Lipinski definition) is 5. The Bertz CT molecular complexity index is 1250. The van der Waals surface area contributed by atoms with Gasteiger partial charge in [-0.3, -0.25) is 4.90 Å². The smallest absolute Gasteiger partial charge is 0.227 e. The fourth-order valence-electron chi connectivity index (χ4n) is 5.88. The number of hydrogen-bond donors (Lipinski definition) is 1. The third kappa shape index (κ3) is 5.77. The molecule has 0 bridgehead atoms. The molecule has 2 aliphatic heterocycles. The number of piperidine rings is 2. The van der Waals surface area contributed by atoms with E-state index in [0.29, 0.717) is 23.8 Å². The van der Waals surface area contributed by atoms with Crippen molar-refractivity contribution in [3.8, 4) is 11.1 Å². The van der Waals surface area contributed by atoms with Crippen molar-refractivity contribution in [1.29, 1.82) is 0 Å². The lowest BCUT2D eigenvalue weighted by Crippen LogP contribution is -2.50. The van der Waals surface area contributed by atoms with E-state index in [-0.39, 0.29) is 29.1 Å². The zero-order valence-electron chi connectivity index (χ0n) is 21.7. The Hall–Kier alpha value is -3.20. The normalized spacial score (nSPS) is 21.1. The first kappa shape index (κ1) is 26.4. The van der Waals surface area contributed by atoms with Crippen molar-refractivity contribution in [2.45, 2.75) is 45.7 Å². The van der Waals surface area contributed by atoms with E-state index >= 15 is 0 Å². The molecule has 1 aromatic heterocycles. The van der Waals surface area contributed by atoms with Gasteiger partial charge in [-0.25, -0.2) is 22.5 Å². The van der Waals surface area contributed by atoms with Crippen molar-refractivity contribution < 1.29 is 17.6 Å². The van der Waals surface area contributed by atoms with Crippen molar-refractivity contribution in [3.05, 3.63) is 71.4 Å². The molecule has 2 aliphatic rings. The lowest BCUT2D eigenvalue weighted by molar-refractivity contribution is 0.0824. The summed E-state index contributed by atoms with van der Waals surface area (Å²) in [5.41, 5.74) is 0.236. The minimum Gasteiger partial charge on any atom is -0.365 e. The van der Waals surface area contributed by atoms with Gasteiger partial charge in [-0.15, -0.1) is 0 Å². The van der Waals surface area contributed by atoms with Crippen LogP contribution >= 0.6 is 0 Å². The van der Waals surface area contributed by atoms with Crippen LogP contribution in [0.5, 0.6) is 0 Å². The predicted octanol–water partition coefficient (Wildman–Crippen LogP) is 6.26. The van der Waals surface area contributed by atoms with E-state index in [9.17, 15) is 17.6 Å². The fourth-order valence-corrected chi connectivity index (χ4v) is 5.88. The Labute approximate surface area is 220 Å². The molecule has 0 radical (unpaired) electrons. The van der Waals surface area contributed by atoms with E-state index < -0.39 is 23.3 Å². The summed E-state index contributed by atoms with van der Waals surface area (Å²) in [5.74, 6) is -0.760. The number of halogens is 4. The molecule has 0 aliphatic carbocycles. The number of likely N-dealkylation sites (tertiary alicyclic amines) is 1. The van der Waals surface area contributed by atoms with E-state index in [2.05, 4.69) is 38.9 Å². The Kier molecular flexibility index (Phi) is 7.83. The highest BCUT2D eigenvalue weighted by Crippen LogP contribution is 2.32. The van der Waals surface area contributed by atoms with Crippen LogP contribution in [0, 0.1) is 35.1 Å². The second kappa shape index (κ2) is 11.3. The van der Waals surface area contributed by atoms with Gasteiger partial charge in [-0.2, -0.15) is 4.98 Å². The van der Waals surface area contributed by atoms with Crippen LogP contribution in [0.1, 0.15) is 38.7 Å². The summed E-state index contributed by atoms with van der Waals surface area (Å²) in [6, 6.07) is 7.43. The van der Waals surface area contributed by atoms with E-state index in [4.69, 9.17) is 0 Å². The molecule has 2 atom stereocenters. The molecule has 3 aromatic rings.